The Bertz CT molecular complexity index is 3260. The van der Waals surface area contributed by atoms with E-state index < -0.39 is 0 Å². The zero-order chi connectivity index (χ0) is 46.0. The highest BCUT2D eigenvalue weighted by molar-refractivity contribution is 6.16. The fraction of sp³-hybridized carbons (Fsp3) is 0.0625. The lowest BCUT2D eigenvalue weighted by Crippen LogP contribution is -2.14. The summed E-state index contributed by atoms with van der Waals surface area (Å²) in [7, 11) is 0. The van der Waals surface area contributed by atoms with Crippen LogP contribution in [0.15, 0.2) is 261 Å². The minimum absolute atomic E-state index is 0.0674. The molecule has 0 radical (unpaired) electrons. The van der Waals surface area contributed by atoms with Gasteiger partial charge in [0.2, 0.25) is 0 Å². The molecule has 68 heavy (non-hydrogen) atoms. The maximum atomic E-state index is 2.44. The summed E-state index contributed by atoms with van der Waals surface area (Å²) < 4.78 is 2.44. The molecular weight excluding hydrogens is 825 g/mol. The molecule has 1 heterocycles. The number of anilines is 9. The second-order valence-electron chi connectivity index (χ2n) is 18.3. The Morgan fingerprint density at radius 2 is 0.691 bits per heavy atom. The monoisotopic (exact) mass is 876 g/mol. The van der Waals surface area contributed by atoms with Gasteiger partial charge >= 0.3 is 0 Å². The number of hydrogen-bond donors (Lipinski definition) is 0. The fourth-order valence-corrected chi connectivity index (χ4v) is 9.63. The van der Waals surface area contributed by atoms with E-state index in [0.717, 1.165) is 62.4 Å². The minimum Gasteiger partial charge on any atom is -0.310 e. The third-order valence-corrected chi connectivity index (χ3v) is 12.9. The van der Waals surface area contributed by atoms with Gasteiger partial charge in [-0.2, -0.15) is 0 Å². The topological polar surface area (TPSA) is 14.7 Å². The van der Waals surface area contributed by atoms with Crippen LogP contribution in [0.4, 0.5) is 51.2 Å². The van der Waals surface area contributed by atoms with Gasteiger partial charge in [0.05, 0.1) is 11.0 Å². The van der Waals surface area contributed by atoms with E-state index in [1.165, 1.54) is 33.0 Å². The Hall–Kier alpha value is -8.60. The Morgan fingerprint density at radius 1 is 0.309 bits per heavy atom. The van der Waals surface area contributed by atoms with Crippen molar-refractivity contribution in [1.82, 2.24) is 4.57 Å². The average molecular weight is 877 g/mol. The van der Waals surface area contributed by atoms with Crippen molar-refractivity contribution < 1.29 is 0 Å². The highest BCUT2D eigenvalue weighted by Gasteiger charge is 2.23. The summed E-state index contributed by atoms with van der Waals surface area (Å²) in [6, 6.07) is 94.0. The summed E-state index contributed by atoms with van der Waals surface area (Å²) in [6.45, 7) is 6.82. The Kier molecular flexibility index (Phi) is 11.1. The molecule has 0 saturated heterocycles. The number of aromatic nitrogens is 1. The molecule has 11 rings (SSSR count). The van der Waals surface area contributed by atoms with Crippen molar-refractivity contribution in [2.24, 2.45) is 0 Å². The molecule has 1 aromatic heterocycles. The summed E-state index contributed by atoms with van der Waals surface area (Å²) in [5.41, 5.74) is 16.8. The van der Waals surface area contributed by atoms with Gasteiger partial charge in [-0.3, -0.25) is 0 Å². The van der Waals surface area contributed by atoms with Gasteiger partial charge in [0.1, 0.15) is 0 Å². The van der Waals surface area contributed by atoms with Gasteiger partial charge in [-0.25, -0.2) is 0 Å². The quantitative estimate of drug-likeness (QED) is 0.129. The molecule has 4 heteroatoms. The van der Waals surface area contributed by atoms with Crippen molar-refractivity contribution in [2.75, 3.05) is 14.7 Å². The van der Waals surface area contributed by atoms with Gasteiger partial charge < -0.3 is 19.3 Å². The van der Waals surface area contributed by atoms with Crippen LogP contribution in [-0.2, 0) is 5.41 Å². The first kappa shape index (κ1) is 42.1. The average Bonchev–Trinajstić information content (AvgIpc) is 3.72. The largest absolute Gasteiger partial charge is 0.310 e. The lowest BCUT2D eigenvalue weighted by atomic mass is 9.86. The smallest absolute Gasteiger partial charge is 0.0562 e. The molecule has 0 fully saturated rings. The van der Waals surface area contributed by atoms with Crippen LogP contribution in [0.25, 0.3) is 38.6 Å². The number of rotatable bonds is 11. The zero-order valence-electron chi connectivity index (χ0n) is 38.6. The van der Waals surface area contributed by atoms with E-state index in [9.17, 15) is 0 Å². The van der Waals surface area contributed by atoms with E-state index in [0.29, 0.717) is 0 Å². The third kappa shape index (κ3) is 8.07. The highest BCUT2D eigenvalue weighted by Crippen LogP contribution is 2.46. The molecule has 0 N–H and O–H groups in total. The molecule has 0 amide bonds. The highest BCUT2D eigenvalue weighted by atomic mass is 15.2. The van der Waals surface area contributed by atoms with E-state index in [1.54, 1.807) is 0 Å². The normalized spacial score (nSPS) is 11.5. The molecule has 10 aromatic carbocycles. The first-order valence-electron chi connectivity index (χ1n) is 23.4. The van der Waals surface area contributed by atoms with Crippen LogP contribution in [-0.4, -0.2) is 4.57 Å². The Morgan fingerprint density at radius 3 is 1.13 bits per heavy atom. The van der Waals surface area contributed by atoms with E-state index >= 15 is 0 Å². The van der Waals surface area contributed by atoms with E-state index in [4.69, 9.17) is 0 Å². The second kappa shape index (κ2) is 18.0. The van der Waals surface area contributed by atoms with Crippen LogP contribution in [0.2, 0.25) is 0 Å². The van der Waals surface area contributed by atoms with E-state index in [-0.39, 0.29) is 5.41 Å². The molecule has 0 unspecified atom stereocenters. The molecule has 0 saturated carbocycles. The lowest BCUT2D eigenvalue weighted by molar-refractivity contribution is 0.590. The standard InChI is InChI=1S/C64H52N4/c1-64(2,3)48-40-38-47(39-41-48)59-36-21-37-61-63(59)60-43-42-58(46-62(60)68(61)53-30-17-8-18-31-53)67(56-34-19-32-54(44-56)65(49-22-9-4-10-23-49)50-24-11-5-12-25-50)57-35-20-33-55(45-57)66(51-26-13-6-14-27-51)52-28-15-7-16-29-52/h4-46H,1-3H3. The van der Waals surface area contributed by atoms with Crippen LogP contribution >= 0.6 is 0 Å². The van der Waals surface area contributed by atoms with Crippen molar-refractivity contribution in [1.29, 1.82) is 0 Å². The van der Waals surface area contributed by atoms with Gasteiger partial charge in [-0.1, -0.05) is 166 Å². The van der Waals surface area contributed by atoms with Crippen molar-refractivity contribution in [3.8, 4) is 16.8 Å². The van der Waals surface area contributed by atoms with Crippen molar-refractivity contribution in [3.63, 3.8) is 0 Å². The van der Waals surface area contributed by atoms with Gasteiger partial charge in [0.15, 0.2) is 0 Å². The number of fused-ring (bicyclic) bond motifs is 3. The number of nitrogens with zero attached hydrogens (tertiary/aromatic N) is 4. The Labute approximate surface area is 399 Å². The first-order valence-corrected chi connectivity index (χ1v) is 23.4. The number of hydrogen-bond acceptors (Lipinski definition) is 3. The van der Waals surface area contributed by atoms with Gasteiger partial charge in [-0.05, 0) is 137 Å². The first-order chi connectivity index (χ1) is 33.4. The zero-order valence-corrected chi connectivity index (χ0v) is 38.6. The molecule has 0 aliphatic rings. The molecule has 0 atom stereocenters. The second-order valence-corrected chi connectivity index (χ2v) is 18.3. The third-order valence-electron chi connectivity index (χ3n) is 12.9. The van der Waals surface area contributed by atoms with Crippen LogP contribution in [0, 0.1) is 0 Å². The summed E-state index contributed by atoms with van der Waals surface area (Å²) in [4.78, 5) is 7.07. The lowest BCUT2D eigenvalue weighted by Gasteiger charge is -2.31. The van der Waals surface area contributed by atoms with E-state index in [1.807, 2.05) is 0 Å². The predicted octanol–water partition coefficient (Wildman–Crippen LogP) is 18.2. The van der Waals surface area contributed by atoms with Gasteiger partial charge in [-0.15, -0.1) is 0 Å². The molecular formula is C64H52N4. The SMILES string of the molecule is CC(C)(C)c1ccc(-c2cccc3c2c2ccc(N(c4cccc(N(c5ccccc5)c5ccccc5)c4)c4cccc(N(c5ccccc5)c5ccccc5)c4)cc2n3-c2ccccc2)cc1. The van der Waals surface area contributed by atoms with Crippen molar-refractivity contribution in [3.05, 3.63) is 266 Å². The van der Waals surface area contributed by atoms with Gasteiger partial charge in [0, 0.05) is 67.6 Å². The molecule has 328 valence electrons. The summed E-state index contributed by atoms with van der Waals surface area (Å²) in [6.07, 6.45) is 0. The molecule has 4 nitrogen and oxygen atoms in total. The van der Waals surface area contributed by atoms with E-state index in [2.05, 4.69) is 301 Å². The van der Waals surface area contributed by atoms with Gasteiger partial charge in [0.25, 0.3) is 0 Å². The molecule has 0 aliphatic carbocycles. The van der Waals surface area contributed by atoms with Crippen LogP contribution < -0.4 is 14.7 Å². The molecule has 11 aromatic rings. The number of para-hydroxylation sites is 5. The van der Waals surface area contributed by atoms with Crippen molar-refractivity contribution in [2.45, 2.75) is 26.2 Å². The molecule has 0 bridgehead atoms. The predicted molar refractivity (Wildman–Crippen MR) is 289 cm³/mol. The number of benzene rings is 10. The van der Waals surface area contributed by atoms with Crippen LogP contribution in [0.3, 0.4) is 0 Å². The summed E-state index contributed by atoms with van der Waals surface area (Å²) >= 11 is 0. The van der Waals surface area contributed by atoms with Crippen molar-refractivity contribution >= 4 is 73.0 Å². The molecule has 0 spiro atoms. The van der Waals surface area contributed by atoms with Crippen LogP contribution in [0.1, 0.15) is 26.3 Å². The molecule has 0 aliphatic heterocycles. The summed E-state index contributed by atoms with van der Waals surface area (Å²) in [5.74, 6) is 0. The Balaban J connectivity index is 1.15. The maximum Gasteiger partial charge on any atom is 0.0562 e. The maximum absolute atomic E-state index is 2.44. The fourth-order valence-electron chi connectivity index (χ4n) is 9.63. The minimum atomic E-state index is 0.0674. The van der Waals surface area contributed by atoms with Crippen LogP contribution in [0.5, 0.6) is 0 Å². The summed E-state index contributed by atoms with van der Waals surface area (Å²) in [5, 5.41) is 2.43.